The normalized spacial score (nSPS) is 16.6. The molecule has 6 heteroatoms. The van der Waals surface area contributed by atoms with Crippen molar-refractivity contribution in [3.05, 3.63) is 48.5 Å². The van der Waals surface area contributed by atoms with Crippen molar-refractivity contribution in [2.75, 3.05) is 32.9 Å². The SMILES string of the molecule is CN1CCC(N(C)Cc2c(-c3cccnc3)nc3ccc(N)cn23)CC1. The molecule has 6 nitrogen and oxygen atoms in total. The molecule has 0 amide bonds. The topological polar surface area (TPSA) is 62.7 Å². The number of rotatable bonds is 4. The van der Waals surface area contributed by atoms with E-state index in [1.54, 1.807) is 6.20 Å². The van der Waals surface area contributed by atoms with Crippen LogP contribution in [0.4, 0.5) is 5.69 Å². The van der Waals surface area contributed by atoms with Gasteiger partial charge in [-0.15, -0.1) is 0 Å². The lowest BCUT2D eigenvalue weighted by molar-refractivity contribution is 0.138. The number of piperidine rings is 1. The highest BCUT2D eigenvalue weighted by Gasteiger charge is 2.23. The fourth-order valence-electron chi connectivity index (χ4n) is 3.80. The zero-order valence-electron chi connectivity index (χ0n) is 15.5. The summed E-state index contributed by atoms with van der Waals surface area (Å²) in [6, 6.07) is 8.50. The first kappa shape index (κ1) is 17.0. The Hall–Kier alpha value is -2.44. The lowest BCUT2D eigenvalue weighted by Gasteiger charge is -2.35. The van der Waals surface area contributed by atoms with E-state index in [4.69, 9.17) is 10.7 Å². The molecule has 3 aromatic heterocycles. The molecule has 0 radical (unpaired) electrons. The average molecular weight is 350 g/mol. The van der Waals surface area contributed by atoms with Gasteiger partial charge in [-0.1, -0.05) is 0 Å². The van der Waals surface area contributed by atoms with Gasteiger partial charge >= 0.3 is 0 Å². The maximum absolute atomic E-state index is 6.05. The van der Waals surface area contributed by atoms with Crippen LogP contribution in [0.1, 0.15) is 18.5 Å². The van der Waals surface area contributed by atoms with Crippen LogP contribution in [0.5, 0.6) is 0 Å². The van der Waals surface area contributed by atoms with Crippen molar-refractivity contribution in [1.82, 2.24) is 24.2 Å². The van der Waals surface area contributed by atoms with E-state index in [1.165, 1.54) is 18.5 Å². The van der Waals surface area contributed by atoms with Crippen molar-refractivity contribution in [1.29, 1.82) is 0 Å². The van der Waals surface area contributed by atoms with Gasteiger partial charge in [-0.25, -0.2) is 4.98 Å². The minimum atomic E-state index is 0.597. The molecule has 2 N–H and O–H groups in total. The second-order valence-corrected chi connectivity index (χ2v) is 7.29. The first-order valence-electron chi connectivity index (χ1n) is 9.17. The first-order valence-corrected chi connectivity index (χ1v) is 9.17. The largest absolute Gasteiger partial charge is 0.398 e. The number of nitrogen functional groups attached to an aromatic ring is 1. The molecule has 4 rings (SSSR count). The fraction of sp³-hybridized carbons (Fsp3) is 0.400. The van der Waals surface area contributed by atoms with Gasteiger partial charge in [-0.2, -0.15) is 0 Å². The second kappa shape index (κ2) is 7.05. The number of nitrogens with zero attached hydrogens (tertiary/aromatic N) is 5. The van der Waals surface area contributed by atoms with Crippen molar-refractivity contribution in [2.24, 2.45) is 0 Å². The number of imidazole rings is 1. The number of likely N-dealkylation sites (tertiary alicyclic amines) is 1. The molecule has 136 valence electrons. The maximum atomic E-state index is 6.05. The molecule has 26 heavy (non-hydrogen) atoms. The number of fused-ring (bicyclic) bond motifs is 1. The third kappa shape index (κ3) is 3.30. The molecule has 0 spiro atoms. The van der Waals surface area contributed by atoms with Crippen molar-refractivity contribution >= 4 is 11.3 Å². The van der Waals surface area contributed by atoms with E-state index in [-0.39, 0.29) is 0 Å². The van der Waals surface area contributed by atoms with E-state index in [2.05, 4.69) is 39.3 Å². The van der Waals surface area contributed by atoms with Crippen LogP contribution < -0.4 is 5.73 Å². The standard InChI is InChI=1S/C20H26N6/c1-24-10-7-17(8-11-24)25(2)14-18-20(15-4-3-9-22-12-15)23-19-6-5-16(21)13-26(18)19/h3-6,9,12-13,17H,7-8,10-11,14,21H2,1-2H3. The van der Waals surface area contributed by atoms with Gasteiger partial charge in [0.15, 0.2) is 0 Å². The number of pyridine rings is 2. The lowest BCUT2D eigenvalue weighted by Crippen LogP contribution is -2.41. The van der Waals surface area contributed by atoms with Gasteiger partial charge in [0, 0.05) is 42.4 Å². The fourth-order valence-corrected chi connectivity index (χ4v) is 3.80. The number of anilines is 1. The molecule has 1 saturated heterocycles. The smallest absolute Gasteiger partial charge is 0.137 e. The lowest BCUT2D eigenvalue weighted by atomic mass is 10.0. The number of hydrogen-bond acceptors (Lipinski definition) is 5. The third-order valence-corrected chi connectivity index (χ3v) is 5.39. The van der Waals surface area contributed by atoms with Crippen molar-refractivity contribution in [3.63, 3.8) is 0 Å². The minimum Gasteiger partial charge on any atom is -0.398 e. The molecule has 0 unspecified atom stereocenters. The molecule has 1 fully saturated rings. The van der Waals surface area contributed by atoms with Crippen LogP contribution in [0, 0.1) is 0 Å². The number of nitrogens with two attached hydrogens (primary N) is 1. The highest BCUT2D eigenvalue weighted by molar-refractivity contribution is 5.66. The molecule has 3 aromatic rings. The zero-order valence-corrected chi connectivity index (χ0v) is 15.5. The Morgan fingerprint density at radius 3 is 2.77 bits per heavy atom. The summed E-state index contributed by atoms with van der Waals surface area (Å²) >= 11 is 0. The quantitative estimate of drug-likeness (QED) is 0.783. The highest BCUT2D eigenvalue weighted by Crippen LogP contribution is 2.27. The summed E-state index contributed by atoms with van der Waals surface area (Å²) in [7, 11) is 4.42. The van der Waals surface area contributed by atoms with Crippen molar-refractivity contribution in [3.8, 4) is 11.3 Å². The summed E-state index contributed by atoms with van der Waals surface area (Å²) in [4.78, 5) is 14.0. The van der Waals surface area contributed by atoms with E-state index < -0.39 is 0 Å². The van der Waals surface area contributed by atoms with Crippen LogP contribution in [-0.2, 0) is 6.54 Å². The van der Waals surface area contributed by atoms with Crippen molar-refractivity contribution < 1.29 is 0 Å². The van der Waals surface area contributed by atoms with Gasteiger partial charge in [0.2, 0.25) is 0 Å². The molecule has 0 bridgehead atoms. The Labute approximate surface area is 154 Å². The van der Waals surface area contributed by atoms with Crippen LogP contribution >= 0.6 is 0 Å². The zero-order chi connectivity index (χ0) is 18.1. The van der Waals surface area contributed by atoms with Crippen LogP contribution in [0.2, 0.25) is 0 Å². The Morgan fingerprint density at radius 2 is 2.04 bits per heavy atom. The van der Waals surface area contributed by atoms with Crippen molar-refractivity contribution in [2.45, 2.75) is 25.4 Å². The van der Waals surface area contributed by atoms with E-state index in [0.29, 0.717) is 6.04 Å². The summed E-state index contributed by atoms with van der Waals surface area (Å²) in [5.41, 5.74) is 10.9. The third-order valence-electron chi connectivity index (χ3n) is 5.39. The molecule has 4 heterocycles. The Balaban J connectivity index is 1.71. The van der Waals surface area contributed by atoms with Crippen LogP contribution in [0.25, 0.3) is 16.9 Å². The van der Waals surface area contributed by atoms with Gasteiger partial charge in [-0.3, -0.25) is 9.88 Å². The number of hydrogen-bond donors (Lipinski definition) is 1. The highest BCUT2D eigenvalue weighted by atomic mass is 15.2. The summed E-state index contributed by atoms with van der Waals surface area (Å²) in [5.74, 6) is 0. The van der Waals surface area contributed by atoms with Crippen LogP contribution in [0.3, 0.4) is 0 Å². The second-order valence-electron chi connectivity index (χ2n) is 7.29. The maximum Gasteiger partial charge on any atom is 0.137 e. The molecular weight excluding hydrogens is 324 g/mol. The monoisotopic (exact) mass is 350 g/mol. The van der Waals surface area contributed by atoms with Gasteiger partial charge in [0.1, 0.15) is 5.65 Å². The predicted molar refractivity (Wildman–Crippen MR) is 105 cm³/mol. The van der Waals surface area contributed by atoms with Gasteiger partial charge in [-0.05, 0) is 64.3 Å². The Bertz CT molecular complexity index is 880. The molecule has 0 aliphatic carbocycles. The van der Waals surface area contributed by atoms with Gasteiger partial charge in [0.05, 0.1) is 11.4 Å². The van der Waals surface area contributed by atoms with E-state index in [1.807, 2.05) is 30.6 Å². The molecular formula is C20H26N6. The summed E-state index contributed by atoms with van der Waals surface area (Å²) < 4.78 is 2.13. The van der Waals surface area contributed by atoms with Crippen LogP contribution in [-0.4, -0.2) is 57.4 Å². The van der Waals surface area contributed by atoms with E-state index >= 15 is 0 Å². The van der Waals surface area contributed by atoms with Gasteiger partial charge < -0.3 is 15.0 Å². The summed E-state index contributed by atoms with van der Waals surface area (Å²) in [5, 5.41) is 0. The predicted octanol–water partition coefficient (Wildman–Crippen LogP) is 2.50. The summed E-state index contributed by atoms with van der Waals surface area (Å²) in [6.45, 7) is 3.15. The number of aromatic nitrogens is 3. The summed E-state index contributed by atoms with van der Waals surface area (Å²) in [6.07, 6.45) is 8.05. The Morgan fingerprint density at radius 1 is 1.23 bits per heavy atom. The van der Waals surface area contributed by atoms with E-state index in [9.17, 15) is 0 Å². The molecule has 1 aliphatic rings. The molecule has 0 atom stereocenters. The van der Waals surface area contributed by atoms with E-state index in [0.717, 1.165) is 42.2 Å². The average Bonchev–Trinajstić information content (AvgIpc) is 3.01. The minimum absolute atomic E-state index is 0.597. The molecule has 0 saturated carbocycles. The van der Waals surface area contributed by atoms with Crippen LogP contribution in [0.15, 0.2) is 42.9 Å². The molecule has 1 aliphatic heterocycles. The Kier molecular flexibility index (Phi) is 4.61. The first-order chi connectivity index (χ1) is 12.6. The molecule has 0 aromatic carbocycles. The van der Waals surface area contributed by atoms with Gasteiger partial charge in [0.25, 0.3) is 0 Å².